The molecule has 3 saturated heterocycles. The van der Waals surface area contributed by atoms with Crippen molar-refractivity contribution in [1.82, 2.24) is 15.1 Å². The molecule has 2 amide bonds. The van der Waals surface area contributed by atoms with E-state index in [2.05, 4.69) is 10.3 Å². The zero-order valence-corrected chi connectivity index (χ0v) is 25.1. The summed E-state index contributed by atoms with van der Waals surface area (Å²) in [5, 5.41) is 26.0. The first kappa shape index (κ1) is 31.6. The molecule has 10 atom stereocenters. The van der Waals surface area contributed by atoms with Gasteiger partial charge in [0.25, 0.3) is 6.02 Å². The number of ether oxygens (including phenoxy) is 3. The number of aliphatic imine (C=N–C) groups is 1. The van der Waals surface area contributed by atoms with E-state index in [0.717, 1.165) is 6.42 Å². The number of nitrogens with zero attached hydrogens (tertiary/aromatic N) is 3. The van der Waals surface area contributed by atoms with Gasteiger partial charge in [0.1, 0.15) is 0 Å². The summed E-state index contributed by atoms with van der Waals surface area (Å²) in [5.74, 6) is -1.92. The molecule has 3 fully saturated rings. The van der Waals surface area contributed by atoms with Crippen molar-refractivity contribution in [2.24, 2.45) is 22.7 Å². The molecule has 0 saturated carbocycles. The van der Waals surface area contributed by atoms with Gasteiger partial charge in [-0.2, -0.15) is 0 Å². The molecule has 11 heteroatoms. The van der Waals surface area contributed by atoms with Crippen LogP contribution in [-0.2, 0) is 23.8 Å². The number of amidine groups is 1. The summed E-state index contributed by atoms with van der Waals surface area (Å²) >= 11 is 0. The third-order valence-corrected chi connectivity index (χ3v) is 8.24. The average Bonchev–Trinajstić information content (AvgIpc) is 3.14. The summed E-state index contributed by atoms with van der Waals surface area (Å²) in [6.45, 7) is 13.7. The predicted octanol–water partition coefficient (Wildman–Crippen LogP) is 1.36. The maximum absolute atomic E-state index is 12.8. The Balaban J connectivity index is 1.94. The Morgan fingerprint density at radius 2 is 1.85 bits per heavy atom. The highest BCUT2D eigenvalue weighted by Gasteiger charge is 2.52. The molecule has 3 aliphatic heterocycles. The summed E-state index contributed by atoms with van der Waals surface area (Å²) in [4.78, 5) is 33.7. The van der Waals surface area contributed by atoms with E-state index in [1.165, 1.54) is 0 Å². The lowest BCUT2D eigenvalue weighted by atomic mass is 9.77. The molecule has 0 radical (unpaired) electrons. The largest absolute Gasteiger partial charge is 0.454 e. The van der Waals surface area contributed by atoms with E-state index in [1.54, 1.807) is 32.7 Å². The molecule has 3 aliphatic rings. The molecule has 0 aromatic rings. The highest BCUT2D eigenvalue weighted by atomic mass is 16.7. The number of nitrogens with one attached hydrogen (secondary N) is 1. The van der Waals surface area contributed by atoms with Gasteiger partial charge in [0.2, 0.25) is 11.8 Å². The second-order valence-corrected chi connectivity index (χ2v) is 12.5. The molecule has 3 rings (SSSR count). The SMILES string of the molecule is CC(C)/N=C1\O[C@H]2[C@H](O[C@@H]3[C@@H](C)[C@H](O)[C@@H](C)C(=O)NCCC(=O)N(C)C[C@H](C)C[C@@]3(C)O)O[C@H](C)C[C@@H]2N1C. The molecule has 0 aromatic carbocycles. The Bertz CT molecular complexity index is 897. The van der Waals surface area contributed by atoms with E-state index in [-0.39, 0.29) is 48.9 Å². The van der Waals surface area contributed by atoms with E-state index in [0.29, 0.717) is 19.0 Å². The first-order chi connectivity index (χ1) is 18.1. The van der Waals surface area contributed by atoms with Crippen LogP contribution in [0, 0.1) is 17.8 Å². The van der Waals surface area contributed by atoms with Gasteiger partial charge in [0.15, 0.2) is 12.4 Å². The quantitative estimate of drug-likeness (QED) is 0.476. The van der Waals surface area contributed by atoms with Crippen molar-refractivity contribution in [3.63, 3.8) is 0 Å². The van der Waals surface area contributed by atoms with Crippen LogP contribution < -0.4 is 5.32 Å². The van der Waals surface area contributed by atoms with Gasteiger partial charge in [0.05, 0.1) is 35.9 Å². The summed E-state index contributed by atoms with van der Waals surface area (Å²) in [7, 11) is 3.68. The summed E-state index contributed by atoms with van der Waals surface area (Å²) in [6.07, 6.45) is -2.23. The van der Waals surface area contributed by atoms with Crippen molar-refractivity contribution < 1.29 is 34.0 Å². The molecule has 0 unspecified atom stereocenters. The first-order valence-corrected chi connectivity index (χ1v) is 14.3. The summed E-state index contributed by atoms with van der Waals surface area (Å²) in [6, 6.07) is 0.557. The molecule has 0 spiro atoms. The number of carbonyl (C=O) groups is 2. The second-order valence-electron chi connectivity index (χ2n) is 12.5. The Morgan fingerprint density at radius 3 is 2.49 bits per heavy atom. The number of hydrogen-bond donors (Lipinski definition) is 3. The van der Waals surface area contributed by atoms with Crippen LogP contribution in [0.3, 0.4) is 0 Å². The smallest absolute Gasteiger partial charge is 0.288 e. The second kappa shape index (κ2) is 12.7. The molecule has 3 heterocycles. The van der Waals surface area contributed by atoms with Crippen molar-refractivity contribution in [3.05, 3.63) is 0 Å². The third kappa shape index (κ3) is 7.42. The lowest BCUT2D eigenvalue weighted by molar-refractivity contribution is -0.288. The summed E-state index contributed by atoms with van der Waals surface area (Å²) in [5.41, 5.74) is -1.41. The van der Waals surface area contributed by atoms with Crippen molar-refractivity contribution in [2.75, 3.05) is 27.2 Å². The average molecular weight is 555 g/mol. The molecule has 224 valence electrons. The zero-order chi connectivity index (χ0) is 29.2. The minimum Gasteiger partial charge on any atom is -0.454 e. The molecular weight excluding hydrogens is 504 g/mol. The molecule has 3 N–H and O–H groups in total. The fraction of sp³-hybridized carbons (Fsp3) is 0.893. The molecule has 0 bridgehead atoms. The van der Waals surface area contributed by atoms with E-state index >= 15 is 0 Å². The number of fused-ring (bicyclic) bond motifs is 1. The fourth-order valence-electron chi connectivity index (χ4n) is 6.20. The lowest BCUT2D eigenvalue weighted by Crippen LogP contribution is -2.58. The predicted molar refractivity (Wildman–Crippen MR) is 147 cm³/mol. The molecule has 39 heavy (non-hydrogen) atoms. The maximum Gasteiger partial charge on any atom is 0.288 e. The van der Waals surface area contributed by atoms with Crippen molar-refractivity contribution >= 4 is 17.8 Å². The Kier molecular flexibility index (Phi) is 10.3. The highest BCUT2D eigenvalue weighted by molar-refractivity contribution is 5.80. The van der Waals surface area contributed by atoms with Gasteiger partial charge in [-0.15, -0.1) is 0 Å². The van der Waals surface area contributed by atoms with Crippen molar-refractivity contribution in [1.29, 1.82) is 0 Å². The van der Waals surface area contributed by atoms with E-state index in [1.807, 2.05) is 39.6 Å². The number of aliphatic hydroxyl groups excluding tert-OH is 1. The topological polar surface area (TPSA) is 133 Å². The van der Waals surface area contributed by atoms with Crippen LogP contribution in [0.15, 0.2) is 4.99 Å². The van der Waals surface area contributed by atoms with E-state index in [4.69, 9.17) is 14.2 Å². The van der Waals surface area contributed by atoms with Crippen molar-refractivity contribution in [2.45, 2.75) is 116 Å². The van der Waals surface area contributed by atoms with E-state index < -0.39 is 42.0 Å². The number of amides is 2. The lowest BCUT2D eigenvalue weighted by Gasteiger charge is -2.45. The van der Waals surface area contributed by atoms with Crippen LogP contribution in [0.4, 0.5) is 0 Å². The Morgan fingerprint density at radius 1 is 1.18 bits per heavy atom. The Hall–Kier alpha value is -1.95. The molecule has 0 aromatic heterocycles. The van der Waals surface area contributed by atoms with E-state index in [9.17, 15) is 19.8 Å². The van der Waals surface area contributed by atoms with Gasteiger partial charge >= 0.3 is 0 Å². The number of carbonyl (C=O) groups excluding carboxylic acids is 2. The molecule has 11 nitrogen and oxygen atoms in total. The normalized spacial score (nSPS) is 42.3. The minimum absolute atomic E-state index is 0.0248. The maximum atomic E-state index is 12.8. The van der Waals surface area contributed by atoms with Gasteiger partial charge in [-0.1, -0.05) is 20.8 Å². The van der Waals surface area contributed by atoms with Crippen LogP contribution >= 0.6 is 0 Å². The fourth-order valence-corrected chi connectivity index (χ4v) is 6.20. The Labute approximate surface area is 233 Å². The van der Waals surface area contributed by atoms with Gasteiger partial charge < -0.3 is 39.5 Å². The van der Waals surface area contributed by atoms with Gasteiger partial charge in [-0.3, -0.25) is 9.59 Å². The van der Waals surface area contributed by atoms with Crippen LogP contribution in [0.1, 0.15) is 67.7 Å². The van der Waals surface area contributed by atoms with Crippen LogP contribution in [0.5, 0.6) is 0 Å². The number of likely N-dealkylation sites (N-methyl/N-ethyl adjacent to an activating group) is 1. The van der Waals surface area contributed by atoms with Crippen LogP contribution in [0.2, 0.25) is 0 Å². The standard InChI is InChI=1S/C28H50N4O7/c1-15(2)30-27-32(9)20-12-17(4)37-26(23(20)38-27)39-24-18(5)22(34)19(6)25(35)29-11-10-21(33)31(8)14-16(3)13-28(24,7)36/h15-20,22-24,26,34,36H,10-14H2,1-9H3,(H,29,35)/b30-27-/t16-,17-,18+,19-,20+,22+,23-,24-,26+,28-/m1/s1. The zero-order valence-electron chi connectivity index (χ0n) is 25.1. The van der Waals surface area contributed by atoms with Crippen LogP contribution in [0.25, 0.3) is 0 Å². The number of hydrogen-bond acceptors (Lipinski definition) is 8. The van der Waals surface area contributed by atoms with Gasteiger partial charge in [-0.25, -0.2) is 4.99 Å². The first-order valence-electron chi connectivity index (χ1n) is 14.3. The highest BCUT2D eigenvalue weighted by Crippen LogP contribution is 2.38. The summed E-state index contributed by atoms with van der Waals surface area (Å²) < 4.78 is 19.1. The molecule has 0 aliphatic carbocycles. The third-order valence-electron chi connectivity index (χ3n) is 8.24. The monoisotopic (exact) mass is 554 g/mol. The number of aliphatic hydroxyl groups is 2. The minimum atomic E-state index is -1.41. The van der Waals surface area contributed by atoms with Gasteiger partial charge in [-0.05, 0) is 46.5 Å². The number of rotatable bonds is 3. The molecular formula is C28H50N4O7. The van der Waals surface area contributed by atoms with Gasteiger partial charge in [0, 0.05) is 45.6 Å². The van der Waals surface area contributed by atoms with Crippen molar-refractivity contribution in [3.8, 4) is 0 Å². The van der Waals surface area contributed by atoms with Crippen LogP contribution in [-0.4, -0.2) is 113 Å².